The molecular weight excluding hydrogens is 424 g/mol. The molecule has 1 saturated heterocycles. The van der Waals surface area contributed by atoms with Crippen molar-refractivity contribution < 1.29 is 9.59 Å². The first-order chi connectivity index (χ1) is 15.4. The number of rotatable bonds is 5. The second-order valence-corrected chi connectivity index (χ2v) is 8.34. The van der Waals surface area contributed by atoms with Crippen LogP contribution in [0.1, 0.15) is 22.8 Å². The highest BCUT2D eigenvalue weighted by Crippen LogP contribution is 2.34. The van der Waals surface area contributed by atoms with Crippen molar-refractivity contribution in [1.82, 2.24) is 14.8 Å². The van der Waals surface area contributed by atoms with Gasteiger partial charge in [0.1, 0.15) is 0 Å². The summed E-state index contributed by atoms with van der Waals surface area (Å²) in [5.74, 6) is -0.355. The Kier molecular flexibility index (Phi) is 6.53. The molecule has 2 N–H and O–H groups in total. The molecule has 32 heavy (non-hydrogen) atoms. The topological polar surface area (TPSA) is 79.5 Å². The van der Waals surface area contributed by atoms with E-state index in [-0.39, 0.29) is 5.91 Å². The summed E-state index contributed by atoms with van der Waals surface area (Å²) in [4.78, 5) is 32.1. The third-order valence-electron chi connectivity index (χ3n) is 5.82. The zero-order valence-electron chi connectivity index (χ0n) is 17.9. The first-order valence-corrected chi connectivity index (χ1v) is 10.9. The van der Waals surface area contributed by atoms with Crippen molar-refractivity contribution in [2.24, 2.45) is 5.73 Å². The van der Waals surface area contributed by atoms with E-state index in [0.717, 1.165) is 54.1 Å². The molecule has 1 fully saturated rings. The zero-order valence-corrected chi connectivity index (χ0v) is 18.7. The van der Waals surface area contributed by atoms with E-state index in [9.17, 15) is 9.59 Å². The Bertz CT molecular complexity index is 1140. The maximum Gasteiger partial charge on any atom is 0.248 e. The molecule has 164 valence electrons. The molecule has 0 atom stereocenters. The predicted octanol–water partition coefficient (Wildman–Crippen LogP) is 3.83. The molecule has 0 spiro atoms. The van der Waals surface area contributed by atoms with Crippen LogP contribution in [-0.2, 0) is 11.3 Å². The minimum absolute atomic E-state index is 0.111. The van der Waals surface area contributed by atoms with Crippen molar-refractivity contribution in [1.29, 1.82) is 0 Å². The number of halogens is 1. The molecule has 2 aromatic carbocycles. The van der Waals surface area contributed by atoms with Crippen molar-refractivity contribution in [3.05, 3.63) is 76.9 Å². The number of nitrogens with two attached hydrogens (primary N) is 1. The highest BCUT2D eigenvalue weighted by molar-refractivity contribution is 6.33. The van der Waals surface area contributed by atoms with Gasteiger partial charge in [0, 0.05) is 62.0 Å². The van der Waals surface area contributed by atoms with Gasteiger partial charge >= 0.3 is 0 Å². The number of pyridine rings is 1. The van der Waals surface area contributed by atoms with Crippen LogP contribution in [0.4, 0.5) is 0 Å². The number of hydrogen-bond acceptors (Lipinski definition) is 4. The van der Waals surface area contributed by atoms with Gasteiger partial charge in [0.15, 0.2) is 0 Å². The standard InChI is InChI=1S/C25H25ClN4O2/c1-17(31)30-12-10-29(11-13-30)16-20-6-5-19(25(27)32)15-21(20)18-7-8-23(26)22(14-18)24-4-2-3-9-28-24/h2-9,14-15H,10-13,16H2,1H3,(H2,27,32). The van der Waals surface area contributed by atoms with Gasteiger partial charge in [-0.05, 0) is 53.1 Å². The average molecular weight is 449 g/mol. The van der Waals surface area contributed by atoms with E-state index in [1.807, 2.05) is 53.4 Å². The van der Waals surface area contributed by atoms with Crippen LogP contribution >= 0.6 is 11.6 Å². The van der Waals surface area contributed by atoms with Crippen molar-refractivity contribution in [2.75, 3.05) is 26.2 Å². The molecule has 0 unspecified atom stereocenters. The quantitative estimate of drug-likeness (QED) is 0.643. The van der Waals surface area contributed by atoms with Crippen molar-refractivity contribution in [2.45, 2.75) is 13.5 Å². The first-order valence-electron chi connectivity index (χ1n) is 10.5. The minimum atomic E-state index is -0.466. The number of carbonyl (C=O) groups excluding carboxylic acids is 2. The lowest BCUT2D eigenvalue weighted by atomic mass is 9.94. The number of nitrogens with zero attached hydrogens (tertiary/aromatic N) is 3. The lowest BCUT2D eigenvalue weighted by Gasteiger charge is -2.34. The Morgan fingerprint density at radius 2 is 1.78 bits per heavy atom. The number of hydrogen-bond donors (Lipinski definition) is 1. The van der Waals surface area contributed by atoms with Gasteiger partial charge in [0.05, 0.1) is 5.69 Å². The monoisotopic (exact) mass is 448 g/mol. The Balaban J connectivity index is 1.69. The molecule has 1 aliphatic rings. The highest BCUT2D eigenvalue weighted by atomic mass is 35.5. The molecule has 0 aliphatic carbocycles. The number of piperazine rings is 1. The molecule has 2 amide bonds. The van der Waals surface area contributed by atoms with Gasteiger partial charge in [-0.2, -0.15) is 0 Å². The first kappa shape index (κ1) is 22.0. The normalized spacial score (nSPS) is 14.4. The van der Waals surface area contributed by atoms with Crippen LogP contribution in [-0.4, -0.2) is 52.8 Å². The summed E-state index contributed by atoms with van der Waals surface area (Å²) >= 11 is 6.48. The SMILES string of the molecule is CC(=O)N1CCN(Cc2ccc(C(N)=O)cc2-c2ccc(Cl)c(-c3ccccn3)c2)CC1. The molecular formula is C25H25ClN4O2. The predicted molar refractivity (Wildman–Crippen MR) is 126 cm³/mol. The van der Waals surface area contributed by atoms with Gasteiger partial charge in [-0.15, -0.1) is 0 Å². The Morgan fingerprint density at radius 3 is 2.44 bits per heavy atom. The van der Waals surface area contributed by atoms with E-state index in [2.05, 4.69) is 9.88 Å². The van der Waals surface area contributed by atoms with Crippen molar-refractivity contribution >= 4 is 23.4 Å². The van der Waals surface area contributed by atoms with Gasteiger partial charge in [-0.1, -0.05) is 29.8 Å². The largest absolute Gasteiger partial charge is 0.366 e. The van der Waals surface area contributed by atoms with Crippen LogP contribution in [0.2, 0.25) is 5.02 Å². The van der Waals surface area contributed by atoms with E-state index in [1.165, 1.54) is 0 Å². The second-order valence-electron chi connectivity index (χ2n) is 7.93. The van der Waals surface area contributed by atoms with Gasteiger partial charge < -0.3 is 10.6 Å². The van der Waals surface area contributed by atoms with Crippen LogP contribution in [0.3, 0.4) is 0 Å². The molecule has 7 heteroatoms. The Hall–Kier alpha value is -3.22. The van der Waals surface area contributed by atoms with Crippen molar-refractivity contribution in [3.8, 4) is 22.4 Å². The molecule has 2 heterocycles. The molecule has 6 nitrogen and oxygen atoms in total. The van der Waals surface area contributed by atoms with Crippen LogP contribution in [0.25, 0.3) is 22.4 Å². The lowest BCUT2D eigenvalue weighted by molar-refractivity contribution is -0.130. The van der Waals surface area contributed by atoms with Gasteiger partial charge in [-0.3, -0.25) is 19.5 Å². The number of benzene rings is 2. The Morgan fingerprint density at radius 1 is 1.00 bits per heavy atom. The van der Waals surface area contributed by atoms with E-state index in [4.69, 9.17) is 17.3 Å². The fourth-order valence-electron chi connectivity index (χ4n) is 4.01. The second kappa shape index (κ2) is 9.51. The smallest absolute Gasteiger partial charge is 0.248 e. The summed E-state index contributed by atoms with van der Waals surface area (Å²) in [6.45, 7) is 5.36. The molecule has 0 radical (unpaired) electrons. The van der Waals surface area contributed by atoms with Gasteiger partial charge in [-0.25, -0.2) is 0 Å². The molecule has 3 aromatic rings. The molecule has 1 aliphatic heterocycles. The highest BCUT2D eigenvalue weighted by Gasteiger charge is 2.20. The van der Waals surface area contributed by atoms with Crippen LogP contribution in [0, 0.1) is 0 Å². The van der Waals surface area contributed by atoms with Crippen LogP contribution in [0.15, 0.2) is 60.8 Å². The third-order valence-corrected chi connectivity index (χ3v) is 6.15. The van der Waals surface area contributed by atoms with E-state index < -0.39 is 5.91 Å². The fraction of sp³-hybridized carbons (Fsp3) is 0.240. The third kappa shape index (κ3) is 4.82. The van der Waals surface area contributed by atoms with E-state index in [0.29, 0.717) is 17.1 Å². The molecule has 0 saturated carbocycles. The van der Waals surface area contributed by atoms with E-state index >= 15 is 0 Å². The molecule has 1 aromatic heterocycles. The maximum atomic E-state index is 11.9. The summed E-state index contributed by atoms with van der Waals surface area (Å²) in [6.07, 6.45) is 1.73. The number of primary amides is 1. The summed E-state index contributed by atoms with van der Waals surface area (Å²) < 4.78 is 0. The molecule has 4 rings (SSSR count). The number of aromatic nitrogens is 1. The number of carbonyl (C=O) groups is 2. The average Bonchev–Trinajstić information content (AvgIpc) is 2.80. The summed E-state index contributed by atoms with van der Waals surface area (Å²) in [5, 5.41) is 0.611. The van der Waals surface area contributed by atoms with Crippen molar-refractivity contribution in [3.63, 3.8) is 0 Å². The maximum absolute atomic E-state index is 11.9. The zero-order chi connectivity index (χ0) is 22.7. The van der Waals surface area contributed by atoms with Gasteiger partial charge in [0.25, 0.3) is 0 Å². The summed E-state index contributed by atoms with van der Waals surface area (Å²) in [7, 11) is 0. The Labute approximate surface area is 192 Å². The van der Waals surface area contributed by atoms with Crippen LogP contribution in [0.5, 0.6) is 0 Å². The van der Waals surface area contributed by atoms with E-state index in [1.54, 1.807) is 19.2 Å². The lowest BCUT2D eigenvalue weighted by Crippen LogP contribution is -2.47. The van der Waals surface area contributed by atoms with Gasteiger partial charge in [0.2, 0.25) is 11.8 Å². The summed E-state index contributed by atoms with van der Waals surface area (Å²) in [5.41, 5.74) is 10.6. The molecule has 0 bridgehead atoms. The van der Waals surface area contributed by atoms with Crippen LogP contribution < -0.4 is 5.73 Å². The minimum Gasteiger partial charge on any atom is -0.366 e. The fourth-order valence-corrected chi connectivity index (χ4v) is 4.22. The summed E-state index contributed by atoms with van der Waals surface area (Å²) in [6, 6.07) is 17.1. The number of amides is 2.